The van der Waals surface area contributed by atoms with Crippen LogP contribution in [0.1, 0.15) is 36.6 Å². The monoisotopic (exact) mass is 340 g/mol. The van der Waals surface area contributed by atoms with Gasteiger partial charge in [-0.25, -0.2) is 0 Å². The van der Waals surface area contributed by atoms with Crippen LogP contribution < -0.4 is 0 Å². The van der Waals surface area contributed by atoms with Gasteiger partial charge in [0.1, 0.15) is 0 Å². The average molecular weight is 340 g/mol. The van der Waals surface area contributed by atoms with Crippen molar-refractivity contribution in [3.63, 3.8) is 0 Å². The van der Waals surface area contributed by atoms with Gasteiger partial charge < -0.3 is 15.2 Å². The summed E-state index contributed by atoms with van der Waals surface area (Å²) in [6, 6.07) is 8.68. The molecule has 2 aliphatic heterocycles. The molecule has 3 heterocycles. The van der Waals surface area contributed by atoms with Crippen molar-refractivity contribution in [1.82, 2.24) is 9.88 Å². The Balaban J connectivity index is 1.54. The maximum Gasteiger partial charge on any atom is 0.309 e. The first kappa shape index (κ1) is 15.4. The number of hydrogen-bond acceptors (Lipinski definition) is 3. The fraction of sp³-hybridized carbons (Fsp3) is 0.550. The van der Waals surface area contributed by atoms with Crippen molar-refractivity contribution in [3.05, 3.63) is 35.5 Å². The predicted octanol–water partition coefficient (Wildman–Crippen LogP) is 2.56. The van der Waals surface area contributed by atoms with Crippen LogP contribution in [0.25, 0.3) is 10.9 Å². The van der Waals surface area contributed by atoms with E-state index in [2.05, 4.69) is 34.1 Å². The smallest absolute Gasteiger partial charge is 0.309 e. The standard InChI is InChI=1S/C20H24N2O3/c23-17-6-5-11-10-22-8-7-13-12-3-1-2-4-15(12)21-19(13)16(22)9-14(11)18(17)20(24)25/h1-4,11,14,16-18,21,23H,5-10H2,(H,24,25)/t11-,14-,16-,17+,18+/m1/s1. The number of hydrogen-bond donors (Lipinski definition) is 3. The van der Waals surface area contributed by atoms with E-state index in [-0.39, 0.29) is 12.0 Å². The number of benzene rings is 1. The summed E-state index contributed by atoms with van der Waals surface area (Å²) in [5.74, 6) is -0.981. The number of rotatable bonds is 1. The Morgan fingerprint density at radius 3 is 2.92 bits per heavy atom. The van der Waals surface area contributed by atoms with Crippen LogP contribution in [0.4, 0.5) is 0 Å². The van der Waals surface area contributed by atoms with Gasteiger partial charge in [-0.2, -0.15) is 0 Å². The van der Waals surface area contributed by atoms with Gasteiger partial charge in [-0.1, -0.05) is 18.2 Å². The third-order valence-electron chi connectivity index (χ3n) is 6.83. The molecule has 2 fully saturated rings. The van der Waals surface area contributed by atoms with Crippen LogP contribution in [-0.4, -0.2) is 45.3 Å². The van der Waals surface area contributed by atoms with Crippen LogP contribution in [0.15, 0.2) is 24.3 Å². The normalized spacial score (nSPS) is 35.0. The van der Waals surface area contributed by atoms with E-state index in [4.69, 9.17) is 0 Å². The third kappa shape index (κ3) is 2.26. The summed E-state index contributed by atoms with van der Waals surface area (Å²) in [5.41, 5.74) is 3.85. The lowest BCUT2D eigenvalue weighted by atomic mass is 9.65. The van der Waals surface area contributed by atoms with Gasteiger partial charge in [0.05, 0.1) is 18.1 Å². The molecule has 25 heavy (non-hydrogen) atoms. The average Bonchev–Trinajstić information content (AvgIpc) is 2.99. The fourth-order valence-corrected chi connectivity index (χ4v) is 5.68. The highest BCUT2D eigenvalue weighted by molar-refractivity contribution is 5.85. The van der Waals surface area contributed by atoms with Crippen LogP contribution in [0.5, 0.6) is 0 Å². The molecule has 0 amide bonds. The van der Waals surface area contributed by atoms with Gasteiger partial charge >= 0.3 is 5.97 Å². The SMILES string of the molecule is O=C(O)[C@H]1[C@@H]2C[C@@H]3c4[nH]c5ccccc5c4CCN3C[C@H]2CC[C@@H]1O. The van der Waals surface area contributed by atoms with E-state index < -0.39 is 18.0 Å². The number of H-pyrrole nitrogens is 1. The highest BCUT2D eigenvalue weighted by Gasteiger charge is 2.49. The molecule has 5 nitrogen and oxygen atoms in total. The van der Waals surface area contributed by atoms with Crippen LogP contribution in [0.2, 0.25) is 0 Å². The van der Waals surface area contributed by atoms with Gasteiger partial charge in [0, 0.05) is 29.7 Å². The Hall–Kier alpha value is -1.85. The quantitative estimate of drug-likeness (QED) is 0.746. The van der Waals surface area contributed by atoms with Crippen molar-refractivity contribution in [2.45, 2.75) is 37.8 Å². The van der Waals surface area contributed by atoms with Crippen LogP contribution >= 0.6 is 0 Å². The second-order valence-corrected chi connectivity index (χ2v) is 7.99. The molecule has 1 aliphatic carbocycles. The Bertz CT molecular complexity index is 829. The van der Waals surface area contributed by atoms with Crippen molar-refractivity contribution in [1.29, 1.82) is 0 Å². The summed E-state index contributed by atoms with van der Waals surface area (Å²) in [7, 11) is 0. The first-order valence-electron chi connectivity index (χ1n) is 9.38. The second-order valence-electron chi connectivity index (χ2n) is 7.99. The van der Waals surface area contributed by atoms with Gasteiger partial charge in [-0.3, -0.25) is 9.69 Å². The number of piperidine rings is 1. The van der Waals surface area contributed by atoms with Crippen LogP contribution in [0.3, 0.4) is 0 Å². The highest BCUT2D eigenvalue weighted by Crippen LogP contribution is 2.49. The Kier molecular flexibility index (Phi) is 3.44. The number of aliphatic hydroxyl groups is 1. The van der Waals surface area contributed by atoms with Crippen molar-refractivity contribution >= 4 is 16.9 Å². The molecule has 0 unspecified atom stereocenters. The summed E-state index contributed by atoms with van der Waals surface area (Å²) in [6.45, 7) is 2.00. The molecule has 3 aliphatic rings. The summed E-state index contributed by atoms with van der Waals surface area (Å²) < 4.78 is 0. The molecule has 1 saturated carbocycles. The van der Waals surface area contributed by atoms with Crippen LogP contribution in [0, 0.1) is 17.8 Å². The van der Waals surface area contributed by atoms with Crippen LogP contribution in [-0.2, 0) is 11.2 Å². The first-order chi connectivity index (χ1) is 12.1. The number of aliphatic hydroxyl groups excluding tert-OH is 1. The molecule has 132 valence electrons. The summed E-state index contributed by atoms with van der Waals surface area (Å²) in [4.78, 5) is 17.9. The molecule has 1 aromatic carbocycles. The molecule has 5 atom stereocenters. The largest absolute Gasteiger partial charge is 0.481 e. The summed E-state index contributed by atoms with van der Waals surface area (Å²) in [6.07, 6.45) is 2.75. The Labute approximate surface area is 146 Å². The number of nitrogens with zero attached hydrogens (tertiary/aromatic N) is 1. The molecule has 5 heteroatoms. The number of aromatic amines is 1. The van der Waals surface area contributed by atoms with E-state index in [1.54, 1.807) is 0 Å². The maximum atomic E-state index is 11.8. The minimum atomic E-state index is -0.830. The van der Waals surface area contributed by atoms with E-state index in [1.807, 2.05) is 0 Å². The predicted molar refractivity (Wildman–Crippen MR) is 94.3 cm³/mol. The van der Waals surface area contributed by atoms with Gasteiger partial charge in [0.15, 0.2) is 0 Å². The topological polar surface area (TPSA) is 76.6 Å². The number of aromatic nitrogens is 1. The number of carbonyl (C=O) groups is 1. The molecular weight excluding hydrogens is 316 g/mol. The van der Waals surface area contributed by atoms with E-state index in [0.29, 0.717) is 12.3 Å². The van der Waals surface area contributed by atoms with Crippen molar-refractivity contribution in [2.75, 3.05) is 13.1 Å². The number of carboxylic acids is 1. The molecule has 3 N–H and O–H groups in total. The zero-order valence-electron chi connectivity index (χ0n) is 14.2. The second kappa shape index (κ2) is 5.58. The molecular formula is C20H24N2O3. The highest BCUT2D eigenvalue weighted by atomic mass is 16.4. The number of nitrogens with one attached hydrogen (secondary N) is 1. The van der Waals surface area contributed by atoms with Crippen molar-refractivity contribution in [3.8, 4) is 0 Å². The molecule has 0 bridgehead atoms. The lowest BCUT2D eigenvalue weighted by Gasteiger charge is -2.50. The van der Waals surface area contributed by atoms with Gasteiger partial charge in [-0.05, 0) is 49.1 Å². The Morgan fingerprint density at radius 2 is 2.08 bits per heavy atom. The molecule has 1 saturated heterocycles. The summed E-state index contributed by atoms with van der Waals surface area (Å²) >= 11 is 0. The zero-order chi connectivity index (χ0) is 17.1. The van der Waals surface area contributed by atoms with Gasteiger partial charge in [0.2, 0.25) is 0 Å². The van der Waals surface area contributed by atoms with E-state index in [9.17, 15) is 15.0 Å². The number of aliphatic carboxylic acids is 1. The molecule has 5 rings (SSSR count). The minimum absolute atomic E-state index is 0.0693. The van der Waals surface area contributed by atoms with E-state index >= 15 is 0 Å². The number of para-hydroxylation sites is 1. The van der Waals surface area contributed by atoms with E-state index in [1.165, 1.54) is 22.2 Å². The molecule has 2 aromatic rings. The molecule has 0 radical (unpaired) electrons. The van der Waals surface area contributed by atoms with Crippen molar-refractivity contribution < 1.29 is 15.0 Å². The van der Waals surface area contributed by atoms with Gasteiger partial charge in [0.25, 0.3) is 0 Å². The number of carboxylic acid groups (broad SMARTS) is 1. The fourth-order valence-electron chi connectivity index (χ4n) is 5.68. The van der Waals surface area contributed by atoms with Gasteiger partial charge in [-0.15, -0.1) is 0 Å². The maximum absolute atomic E-state index is 11.8. The van der Waals surface area contributed by atoms with E-state index in [0.717, 1.165) is 32.4 Å². The van der Waals surface area contributed by atoms with Crippen molar-refractivity contribution in [2.24, 2.45) is 17.8 Å². The number of fused-ring (bicyclic) bond motifs is 6. The third-order valence-corrected chi connectivity index (χ3v) is 6.83. The Morgan fingerprint density at radius 1 is 1.24 bits per heavy atom. The minimum Gasteiger partial charge on any atom is -0.481 e. The molecule has 0 spiro atoms. The first-order valence-corrected chi connectivity index (χ1v) is 9.38. The lowest BCUT2D eigenvalue weighted by Crippen LogP contribution is -2.53. The summed E-state index contributed by atoms with van der Waals surface area (Å²) in [5, 5.41) is 21.3. The zero-order valence-corrected chi connectivity index (χ0v) is 14.2. The molecule has 1 aromatic heterocycles. The lowest BCUT2D eigenvalue weighted by molar-refractivity contribution is -0.156.